The monoisotopic (exact) mass is 254 g/mol. The number of nitrogens with zero attached hydrogens (tertiary/aromatic N) is 1. The fourth-order valence-corrected chi connectivity index (χ4v) is 2.94. The van der Waals surface area contributed by atoms with E-state index in [9.17, 15) is 9.59 Å². The summed E-state index contributed by atoms with van der Waals surface area (Å²) in [7, 11) is 0. The molecule has 2 heterocycles. The van der Waals surface area contributed by atoms with Gasteiger partial charge in [-0.05, 0) is 38.8 Å². The van der Waals surface area contributed by atoms with E-state index in [1.165, 1.54) is 0 Å². The van der Waals surface area contributed by atoms with Gasteiger partial charge in [0.1, 0.15) is 0 Å². The number of likely N-dealkylation sites (tertiary alicyclic amines) is 1. The second kappa shape index (κ2) is 5.26. The summed E-state index contributed by atoms with van der Waals surface area (Å²) in [4.78, 5) is 25.4. The number of piperidine rings is 2. The molecule has 2 aliphatic heterocycles. The SMILES string of the molecule is CC1(C(=O)N2CCC[C@@H](C(=O)O)C2)CCNCC1. The van der Waals surface area contributed by atoms with Gasteiger partial charge in [0, 0.05) is 18.5 Å². The molecule has 0 aromatic carbocycles. The van der Waals surface area contributed by atoms with Gasteiger partial charge in [-0.1, -0.05) is 6.92 Å². The molecule has 0 unspecified atom stereocenters. The van der Waals surface area contributed by atoms with E-state index in [2.05, 4.69) is 5.32 Å². The molecular formula is C13H22N2O3. The van der Waals surface area contributed by atoms with Crippen molar-refractivity contribution in [3.8, 4) is 0 Å². The molecule has 5 heteroatoms. The summed E-state index contributed by atoms with van der Waals surface area (Å²) >= 11 is 0. The van der Waals surface area contributed by atoms with Gasteiger partial charge in [-0.25, -0.2) is 0 Å². The minimum absolute atomic E-state index is 0.148. The third kappa shape index (κ3) is 2.66. The van der Waals surface area contributed by atoms with Crippen LogP contribution in [0.3, 0.4) is 0 Å². The lowest BCUT2D eigenvalue weighted by Gasteiger charge is -2.40. The number of hydrogen-bond acceptors (Lipinski definition) is 3. The highest BCUT2D eigenvalue weighted by molar-refractivity contribution is 5.83. The molecule has 0 aromatic rings. The number of amides is 1. The van der Waals surface area contributed by atoms with Crippen LogP contribution in [0.25, 0.3) is 0 Å². The summed E-state index contributed by atoms with van der Waals surface area (Å²) in [5.74, 6) is -1.01. The van der Waals surface area contributed by atoms with Crippen LogP contribution >= 0.6 is 0 Å². The van der Waals surface area contributed by atoms with E-state index in [1.807, 2.05) is 6.92 Å². The van der Waals surface area contributed by atoms with Crippen molar-refractivity contribution in [1.29, 1.82) is 0 Å². The Balaban J connectivity index is 2.01. The summed E-state index contributed by atoms with van der Waals surface area (Å²) in [5.41, 5.74) is -0.300. The van der Waals surface area contributed by atoms with Gasteiger partial charge in [0.15, 0.2) is 0 Å². The van der Waals surface area contributed by atoms with E-state index in [0.29, 0.717) is 19.5 Å². The van der Waals surface area contributed by atoms with Crippen LogP contribution < -0.4 is 5.32 Å². The van der Waals surface area contributed by atoms with E-state index in [1.54, 1.807) is 4.90 Å². The summed E-state index contributed by atoms with van der Waals surface area (Å²) < 4.78 is 0. The number of aliphatic carboxylic acids is 1. The number of carbonyl (C=O) groups excluding carboxylic acids is 1. The maximum atomic E-state index is 12.5. The van der Waals surface area contributed by atoms with Crippen LogP contribution in [-0.4, -0.2) is 48.1 Å². The smallest absolute Gasteiger partial charge is 0.308 e. The maximum absolute atomic E-state index is 12.5. The number of hydrogen-bond donors (Lipinski definition) is 2. The quantitative estimate of drug-likeness (QED) is 0.761. The molecule has 18 heavy (non-hydrogen) atoms. The van der Waals surface area contributed by atoms with Gasteiger partial charge in [0.2, 0.25) is 5.91 Å². The zero-order valence-electron chi connectivity index (χ0n) is 10.9. The molecule has 0 radical (unpaired) electrons. The second-order valence-corrected chi connectivity index (χ2v) is 5.74. The zero-order valence-corrected chi connectivity index (χ0v) is 10.9. The molecule has 2 saturated heterocycles. The fourth-order valence-electron chi connectivity index (χ4n) is 2.94. The third-order valence-electron chi connectivity index (χ3n) is 4.28. The van der Waals surface area contributed by atoms with Gasteiger partial charge in [-0.3, -0.25) is 9.59 Å². The number of carboxylic acid groups (broad SMARTS) is 1. The molecule has 0 spiro atoms. The number of nitrogens with one attached hydrogen (secondary N) is 1. The van der Waals surface area contributed by atoms with E-state index in [4.69, 9.17) is 5.11 Å². The van der Waals surface area contributed by atoms with Crippen molar-refractivity contribution in [2.75, 3.05) is 26.2 Å². The molecule has 0 saturated carbocycles. The molecule has 0 aliphatic carbocycles. The minimum Gasteiger partial charge on any atom is -0.481 e. The largest absolute Gasteiger partial charge is 0.481 e. The van der Waals surface area contributed by atoms with Crippen molar-refractivity contribution in [2.24, 2.45) is 11.3 Å². The van der Waals surface area contributed by atoms with E-state index >= 15 is 0 Å². The highest BCUT2D eigenvalue weighted by atomic mass is 16.4. The normalized spacial score (nSPS) is 27.8. The van der Waals surface area contributed by atoms with E-state index < -0.39 is 5.97 Å². The Morgan fingerprint density at radius 3 is 2.61 bits per heavy atom. The van der Waals surface area contributed by atoms with Gasteiger partial charge >= 0.3 is 5.97 Å². The Kier molecular flexibility index (Phi) is 3.90. The lowest BCUT2D eigenvalue weighted by molar-refractivity contribution is -0.150. The maximum Gasteiger partial charge on any atom is 0.308 e. The Hall–Kier alpha value is -1.10. The fraction of sp³-hybridized carbons (Fsp3) is 0.846. The summed E-state index contributed by atoms with van der Waals surface area (Å²) in [6, 6.07) is 0. The molecule has 2 N–H and O–H groups in total. The van der Waals surface area contributed by atoms with Crippen LogP contribution in [0.2, 0.25) is 0 Å². The Labute approximate surface area is 108 Å². The van der Waals surface area contributed by atoms with E-state index in [-0.39, 0.29) is 17.2 Å². The predicted molar refractivity (Wildman–Crippen MR) is 67.2 cm³/mol. The van der Waals surface area contributed by atoms with Crippen molar-refractivity contribution < 1.29 is 14.7 Å². The average Bonchev–Trinajstić information content (AvgIpc) is 2.39. The topological polar surface area (TPSA) is 69.6 Å². The highest BCUT2D eigenvalue weighted by Crippen LogP contribution is 2.32. The van der Waals surface area contributed by atoms with Gasteiger partial charge in [-0.2, -0.15) is 0 Å². The molecular weight excluding hydrogens is 232 g/mol. The van der Waals surface area contributed by atoms with Gasteiger partial charge < -0.3 is 15.3 Å². The standard InChI is InChI=1S/C13H22N2O3/c1-13(4-6-14-7-5-13)12(18)15-8-2-3-10(9-15)11(16)17/h10,14H,2-9H2,1H3,(H,16,17)/t10-/m1/s1. The van der Waals surface area contributed by atoms with Crippen molar-refractivity contribution in [3.05, 3.63) is 0 Å². The Morgan fingerprint density at radius 2 is 2.00 bits per heavy atom. The number of rotatable bonds is 2. The van der Waals surface area contributed by atoms with Crippen molar-refractivity contribution in [2.45, 2.75) is 32.6 Å². The molecule has 5 nitrogen and oxygen atoms in total. The van der Waals surface area contributed by atoms with Crippen molar-refractivity contribution >= 4 is 11.9 Å². The van der Waals surface area contributed by atoms with Crippen LogP contribution in [0.4, 0.5) is 0 Å². The van der Waals surface area contributed by atoms with Crippen LogP contribution in [-0.2, 0) is 9.59 Å². The lowest BCUT2D eigenvalue weighted by Crippen LogP contribution is -2.51. The third-order valence-corrected chi connectivity index (χ3v) is 4.28. The first-order chi connectivity index (χ1) is 8.53. The summed E-state index contributed by atoms with van der Waals surface area (Å²) in [6.07, 6.45) is 3.19. The van der Waals surface area contributed by atoms with Gasteiger partial charge in [0.05, 0.1) is 5.92 Å². The van der Waals surface area contributed by atoms with Gasteiger partial charge in [0.25, 0.3) is 0 Å². The first-order valence-corrected chi connectivity index (χ1v) is 6.76. The first kappa shape index (κ1) is 13.3. The molecule has 1 atom stereocenters. The first-order valence-electron chi connectivity index (χ1n) is 6.76. The molecule has 2 rings (SSSR count). The Morgan fingerprint density at radius 1 is 1.33 bits per heavy atom. The van der Waals surface area contributed by atoms with E-state index in [0.717, 1.165) is 32.4 Å². The van der Waals surface area contributed by atoms with Crippen LogP contribution in [0.1, 0.15) is 32.6 Å². The molecule has 0 bridgehead atoms. The number of carboxylic acids is 1. The molecule has 0 aromatic heterocycles. The summed E-state index contributed by atoms with van der Waals surface area (Å²) in [6.45, 7) is 4.86. The Bertz CT molecular complexity index is 337. The second-order valence-electron chi connectivity index (χ2n) is 5.74. The molecule has 102 valence electrons. The van der Waals surface area contributed by atoms with Crippen LogP contribution in [0.5, 0.6) is 0 Å². The predicted octanol–water partition coefficient (Wildman–Crippen LogP) is 0.699. The lowest BCUT2D eigenvalue weighted by atomic mass is 9.79. The van der Waals surface area contributed by atoms with Crippen LogP contribution in [0, 0.1) is 11.3 Å². The van der Waals surface area contributed by atoms with Crippen molar-refractivity contribution in [3.63, 3.8) is 0 Å². The highest BCUT2D eigenvalue weighted by Gasteiger charge is 2.39. The zero-order chi connectivity index (χ0) is 13.2. The summed E-state index contributed by atoms with van der Waals surface area (Å²) in [5, 5.41) is 12.3. The van der Waals surface area contributed by atoms with Crippen LogP contribution in [0.15, 0.2) is 0 Å². The van der Waals surface area contributed by atoms with Gasteiger partial charge in [-0.15, -0.1) is 0 Å². The molecule has 1 amide bonds. The van der Waals surface area contributed by atoms with Crippen molar-refractivity contribution in [1.82, 2.24) is 10.2 Å². The number of carbonyl (C=O) groups is 2. The molecule has 2 aliphatic rings. The minimum atomic E-state index is -0.775. The average molecular weight is 254 g/mol. The molecule has 2 fully saturated rings.